The van der Waals surface area contributed by atoms with E-state index < -0.39 is 4.92 Å². The summed E-state index contributed by atoms with van der Waals surface area (Å²) in [7, 11) is 0. The van der Waals surface area contributed by atoms with E-state index in [-0.39, 0.29) is 11.5 Å². The third-order valence-corrected chi connectivity index (χ3v) is 2.96. The third-order valence-electron chi connectivity index (χ3n) is 2.96. The molecule has 0 aliphatic rings. The van der Waals surface area contributed by atoms with Gasteiger partial charge in [0.2, 0.25) is 0 Å². The van der Waals surface area contributed by atoms with Crippen molar-refractivity contribution in [3.8, 4) is 0 Å². The van der Waals surface area contributed by atoms with Crippen LogP contribution in [0.25, 0.3) is 0 Å². The van der Waals surface area contributed by atoms with E-state index in [1.54, 1.807) is 12.1 Å². The average Bonchev–Trinajstić information content (AvgIpc) is 2.42. The Morgan fingerprint density at radius 1 is 1.35 bits per heavy atom. The van der Waals surface area contributed by atoms with Gasteiger partial charge in [-0.1, -0.05) is 6.07 Å². The number of hydrogen-bond donors (Lipinski definition) is 1. The second-order valence-corrected chi connectivity index (χ2v) is 4.41. The van der Waals surface area contributed by atoms with E-state index in [9.17, 15) is 14.5 Å². The SMILES string of the molecule is Cc1cc(F)ccc1CCNc1ccc([N+](=O)[O-])cn1. The molecule has 0 unspecified atom stereocenters. The lowest BCUT2D eigenvalue weighted by Gasteiger charge is -2.07. The van der Waals surface area contributed by atoms with Gasteiger partial charge >= 0.3 is 0 Å². The fourth-order valence-corrected chi connectivity index (χ4v) is 1.86. The van der Waals surface area contributed by atoms with Crippen LogP contribution < -0.4 is 5.32 Å². The second-order valence-electron chi connectivity index (χ2n) is 4.41. The molecule has 1 aromatic carbocycles. The first-order valence-corrected chi connectivity index (χ1v) is 6.15. The van der Waals surface area contributed by atoms with Gasteiger partial charge in [0.05, 0.1) is 4.92 Å². The van der Waals surface area contributed by atoms with E-state index >= 15 is 0 Å². The molecular weight excluding hydrogens is 261 g/mol. The summed E-state index contributed by atoms with van der Waals surface area (Å²) >= 11 is 0. The van der Waals surface area contributed by atoms with Crippen LogP contribution in [-0.4, -0.2) is 16.5 Å². The number of halogens is 1. The first-order chi connectivity index (χ1) is 9.56. The number of rotatable bonds is 5. The van der Waals surface area contributed by atoms with Gasteiger partial charge in [0.25, 0.3) is 5.69 Å². The van der Waals surface area contributed by atoms with Crippen molar-refractivity contribution in [2.45, 2.75) is 13.3 Å². The molecule has 0 amide bonds. The van der Waals surface area contributed by atoms with Crippen molar-refractivity contribution < 1.29 is 9.31 Å². The van der Waals surface area contributed by atoms with E-state index in [1.165, 1.54) is 24.4 Å². The number of hydrogen-bond acceptors (Lipinski definition) is 4. The van der Waals surface area contributed by atoms with Gasteiger partial charge in [0.1, 0.15) is 17.8 Å². The van der Waals surface area contributed by atoms with E-state index in [0.717, 1.165) is 17.5 Å². The number of nitrogens with one attached hydrogen (secondary N) is 1. The molecule has 104 valence electrons. The highest BCUT2D eigenvalue weighted by molar-refractivity contribution is 5.40. The van der Waals surface area contributed by atoms with Crippen molar-refractivity contribution in [3.05, 3.63) is 63.6 Å². The number of benzene rings is 1. The first kappa shape index (κ1) is 13.9. The van der Waals surface area contributed by atoms with E-state index in [2.05, 4.69) is 10.3 Å². The predicted octanol–water partition coefficient (Wildman–Crippen LogP) is 3.09. The number of nitro groups is 1. The summed E-state index contributed by atoms with van der Waals surface area (Å²) in [5.74, 6) is 0.339. The maximum Gasteiger partial charge on any atom is 0.287 e. The molecule has 5 nitrogen and oxygen atoms in total. The summed E-state index contributed by atoms with van der Waals surface area (Å²) in [6.45, 7) is 2.49. The molecule has 0 aliphatic carbocycles. The van der Waals surface area contributed by atoms with Gasteiger partial charge in [-0.2, -0.15) is 0 Å². The standard InChI is InChI=1S/C14H14FN3O2/c1-10-8-12(15)3-2-11(10)6-7-16-14-5-4-13(9-17-14)18(19)20/h2-5,8-9H,6-7H2,1H3,(H,16,17). The zero-order valence-corrected chi connectivity index (χ0v) is 11.0. The van der Waals surface area contributed by atoms with Crippen molar-refractivity contribution in [3.63, 3.8) is 0 Å². The topological polar surface area (TPSA) is 68.1 Å². The Kier molecular flexibility index (Phi) is 4.24. The van der Waals surface area contributed by atoms with Gasteiger partial charge in [-0.05, 0) is 42.7 Å². The number of aromatic nitrogens is 1. The van der Waals surface area contributed by atoms with Crippen LogP contribution in [0, 0.1) is 22.9 Å². The molecule has 20 heavy (non-hydrogen) atoms. The van der Waals surface area contributed by atoms with Crippen LogP contribution >= 0.6 is 0 Å². The molecule has 0 aliphatic heterocycles. The molecule has 2 rings (SSSR count). The highest BCUT2D eigenvalue weighted by atomic mass is 19.1. The van der Waals surface area contributed by atoms with Gasteiger partial charge < -0.3 is 5.32 Å². The Morgan fingerprint density at radius 3 is 2.75 bits per heavy atom. The molecule has 1 aromatic heterocycles. The summed E-state index contributed by atoms with van der Waals surface area (Å²) in [6, 6.07) is 7.66. The van der Waals surface area contributed by atoms with Crippen LogP contribution in [0.3, 0.4) is 0 Å². The molecule has 0 saturated heterocycles. The van der Waals surface area contributed by atoms with Crippen molar-refractivity contribution in [2.75, 3.05) is 11.9 Å². The summed E-state index contributed by atoms with van der Waals surface area (Å²) in [5.41, 5.74) is 1.93. The Morgan fingerprint density at radius 2 is 2.15 bits per heavy atom. The number of pyridine rings is 1. The van der Waals surface area contributed by atoms with Crippen LogP contribution in [0.5, 0.6) is 0 Å². The molecule has 0 spiro atoms. The molecule has 1 heterocycles. The Bertz CT molecular complexity index is 614. The molecule has 0 fully saturated rings. The minimum Gasteiger partial charge on any atom is -0.370 e. The number of nitrogens with zero attached hydrogens (tertiary/aromatic N) is 2. The quantitative estimate of drug-likeness (QED) is 0.672. The summed E-state index contributed by atoms with van der Waals surface area (Å²) < 4.78 is 13.0. The van der Waals surface area contributed by atoms with Crippen LogP contribution in [0.15, 0.2) is 36.5 Å². The van der Waals surface area contributed by atoms with Crippen molar-refractivity contribution in [1.29, 1.82) is 0 Å². The second kappa shape index (κ2) is 6.10. The minimum atomic E-state index is -0.487. The predicted molar refractivity (Wildman–Crippen MR) is 74.2 cm³/mol. The molecule has 6 heteroatoms. The summed E-state index contributed by atoms with van der Waals surface area (Å²) in [5, 5.41) is 13.6. The van der Waals surface area contributed by atoms with E-state index in [4.69, 9.17) is 0 Å². The highest BCUT2D eigenvalue weighted by Crippen LogP contribution is 2.13. The fraction of sp³-hybridized carbons (Fsp3) is 0.214. The molecule has 2 aromatic rings. The number of anilines is 1. The van der Waals surface area contributed by atoms with E-state index in [0.29, 0.717) is 12.4 Å². The van der Waals surface area contributed by atoms with Gasteiger partial charge in [-0.15, -0.1) is 0 Å². The zero-order valence-electron chi connectivity index (χ0n) is 11.0. The van der Waals surface area contributed by atoms with Crippen molar-refractivity contribution in [2.24, 2.45) is 0 Å². The van der Waals surface area contributed by atoms with Gasteiger partial charge in [0.15, 0.2) is 0 Å². The molecule has 0 bridgehead atoms. The fourth-order valence-electron chi connectivity index (χ4n) is 1.86. The van der Waals surface area contributed by atoms with Gasteiger partial charge in [-0.3, -0.25) is 10.1 Å². The Labute approximate surface area is 115 Å². The molecule has 0 radical (unpaired) electrons. The van der Waals surface area contributed by atoms with Crippen LogP contribution in [0.1, 0.15) is 11.1 Å². The summed E-state index contributed by atoms with van der Waals surface area (Å²) in [6.07, 6.45) is 1.94. The van der Waals surface area contributed by atoms with Crippen LogP contribution in [-0.2, 0) is 6.42 Å². The molecule has 0 saturated carbocycles. The van der Waals surface area contributed by atoms with Gasteiger partial charge in [0, 0.05) is 12.6 Å². The van der Waals surface area contributed by atoms with Crippen LogP contribution in [0.4, 0.5) is 15.9 Å². The lowest BCUT2D eigenvalue weighted by molar-refractivity contribution is -0.385. The maximum absolute atomic E-state index is 13.0. The van der Waals surface area contributed by atoms with E-state index in [1.807, 2.05) is 6.92 Å². The minimum absolute atomic E-state index is 0.0371. The highest BCUT2D eigenvalue weighted by Gasteiger charge is 2.05. The Hall–Kier alpha value is -2.50. The van der Waals surface area contributed by atoms with Crippen LogP contribution in [0.2, 0.25) is 0 Å². The monoisotopic (exact) mass is 275 g/mol. The normalized spacial score (nSPS) is 10.3. The third kappa shape index (κ3) is 3.50. The molecule has 0 atom stereocenters. The zero-order chi connectivity index (χ0) is 14.5. The lowest BCUT2D eigenvalue weighted by atomic mass is 10.1. The largest absolute Gasteiger partial charge is 0.370 e. The lowest BCUT2D eigenvalue weighted by Crippen LogP contribution is -2.07. The van der Waals surface area contributed by atoms with Crippen molar-refractivity contribution in [1.82, 2.24) is 4.98 Å². The van der Waals surface area contributed by atoms with Crippen molar-refractivity contribution >= 4 is 11.5 Å². The smallest absolute Gasteiger partial charge is 0.287 e. The molecular formula is C14H14FN3O2. The average molecular weight is 275 g/mol. The Balaban J connectivity index is 1.91. The molecule has 1 N–H and O–H groups in total. The summed E-state index contributed by atoms with van der Waals surface area (Å²) in [4.78, 5) is 14.0. The van der Waals surface area contributed by atoms with Gasteiger partial charge in [-0.25, -0.2) is 9.37 Å². The number of aryl methyl sites for hydroxylation is 1. The first-order valence-electron chi connectivity index (χ1n) is 6.15. The maximum atomic E-state index is 13.0.